The Morgan fingerprint density at radius 2 is 1.74 bits per heavy atom. The van der Waals surface area contributed by atoms with Crippen molar-refractivity contribution < 1.29 is 19.0 Å². The number of ether oxygens (including phenoxy) is 3. The van der Waals surface area contributed by atoms with Crippen LogP contribution in [0.4, 0.5) is 0 Å². The minimum Gasteiger partial charge on any atom is -0.490 e. The lowest BCUT2D eigenvalue weighted by Gasteiger charge is -2.24. The molecule has 0 bridgehead atoms. The maximum Gasteiger partial charge on any atom is 0.338 e. The highest BCUT2D eigenvalue weighted by Gasteiger charge is 2.33. The van der Waals surface area contributed by atoms with Gasteiger partial charge in [-0.05, 0) is 69.2 Å². The van der Waals surface area contributed by atoms with Crippen molar-refractivity contribution in [1.82, 2.24) is 4.57 Å². The predicted octanol–water partition coefficient (Wildman–Crippen LogP) is 6.39. The van der Waals surface area contributed by atoms with Crippen LogP contribution in [0.2, 0.25) is 10.0 Å². The zero-order valence-electron chi connectivity index (χ0n) is 24.1. The maximum atomic E-state index is 13.9. The van der Waals surface area contributed by atoms with E-state index in [1.54, 1.807) is 42.7 Å². The largest absolute Gasteiger partial charge is 0.490 e. The topological polar surface area (TPSA) is 79.1 Å². The number of halogens is 2. The molecule has 1 atom stereocenters. The molecule has 5 rings (SSSR count). The summed E-state index contributed by atoms with van der Waals surface area (Å²) in [5.74, 6) is 0.591. The van der Waals surface area contributed by atoms with Gasteiger partial charge in [0.1, 0.15) is 6.61 Å². The molecule has 0 saturated heterocycles. The lowest BCUT2D eigenvalue weighted by Crippen LogP contribution is -2.39. The fourth-order valence-electron chi connectivity index (χ4n) is 4.80. The predicted molar refractivity (Wildman–Crippen MR) is 170 cm³/mol. The second kappa shape index (κ2) is 13.2. The molecule has 10 heteroatoms. The number of hydrogen-bond acceptors (Lipinski definition) is 7. The van der Waals surface area contributed by atoms with Crippen LogP contribution in [0.1, 0.15) is 49.1 Å². The van der Waals surface area contributed by atoms with Gasteiger partial charge in [-0.3, -0.25) is 9.36 Å². The van der Waals surface area contributed by atoms with E-state index >= 15 is 0 Å². The normalized spacial score (nSPS) is 14.7. The summed E-state index contributed by atoms with van der Waals surface area (Å²) < 4.78 is 19.3. The van der Waals surface area contributed by atoms with E-state index in [1.165, 1.54) is 11.3 Å². The molecule has 0 aliphatic carbocycles. The summed E-state index contributed by atoms with van der Waals surface area (Å²) in [6.07, 6.45) is 1.79. The smallest absolute Gasteiger partial charge is 0.338 e. The molecule has 0 fully saturated rings. The minimum atomic E-state index is -0.660. The molecule has 4 aromatic rings. The van der Waals surface area contributed by atoms with Crippen LogP contribution in [-0.2, 0) is 16.1 Å². The number of allylic oxidation sites excluding steroid dienone is 1. The summed E-state index contributed by atoms with van der Waals surface area (Å²) in [7, 11) is 0. The highest BCUT2D eigenvalue weighted by molar-refractivity contribution is 7.07. The Hall–Kier alpha value is -3.85. The van der Waals surface area contributed by atoms with E-state index in [0.29, 0.717) is 48.8 Å². The molecule has 1 unspecified atom stereocenters. The Bertz CT molecular complexity index is 1890. The summed E-state index contributed by atoms with van der Waals surface area (Å²) in [6.45, 7) is 8.28. The first-order valence-corrected chi connectivity index (χ1v) is 15.4. The van der Waals surface area contributed by atoms with Crippen LogP contribution < -0.4 is 24.4 Å². The number of esters is 1. The van der Waals surface area contributed by atoms with Crippen molar-refractivity contribution in [3.05, 3.63) is 124 Å². The van der Waals surface area contributed by atoms with Gasteiger partial charge in [-0.2, -0.15) is 0 Å². The second-order valence-electron chi connectivity index (χ2n) is 9.88. The van der Waals surface area contributed by atoms with Crippen LogP contribution in [0.15, 0.2) is 81.7 Å². The molecule has 3 aromatic carbocycles. The third-order valence-electron chi connectivity index (χ3n) is 6.87. The Kier molecular flexibility index (Phi) is 9.40. The van der Waals surface area contributed by atoms with Gasteiger partial charge >= 0.3 is 5.97 Å². The first kappa shape index (κ1) is 30.6. The number of nitrogens with zero attached hydrogens (tertiary/aromatic N) is 2. The Morgan fingerprint density at radius 3 is 2.44 bits per heavy atom. The minimum absolute atomic E-state index is 0.218. The number of fused-ring (bicyclic) bond motifs is 1. The van der Waals surface area contributed by atoms with Crippen molar-refractivity contribution in [2.24, 2.45) is 4.99 Å². The van der Waals surface area contributed by atoms with Crippen molar-refractivity contribution in [2.75, 3.05) is 13.2 Å². The molecular weight excluding hydrogens is 607 g/mol. The van der Waals surface area contributed by atoms with E-state index in [0.717, 1.165) is 22.3 Å². The molecular formula is C33H30Cl2N2O5S. The van der Waals surface area contributed by atoms with Gasteiger partial charge in [-0.25, -0.2) is 9.79 Å². The fraction of sp³-hybridized carbons (Fsp3) is 0.242. The maximum absolute atomic E-state index is 13.9. The summed E-state index contributed by atoms with van der Waals surface area (Å²) in [4.78, 5) is 32.2. The average molecular weight is 638 g/mol. The first-order valence-electron chi connectivity index (χ1n) is 13.8. The molecule has 0 spiro atoms. The number of rotatable bonds is 9. The molecule has 2 heterocycles. The van der Waals surface area contributed by atoms with E-state index in [4.69, 9.17) is 37.4 Å². The zero-order chi connectivity index (χ0) is 30.7. The van der Waals surface area contributed by atoms with Gasteiger partial charge in [0, 0.05) is 15.6 Å². The van der Waals surface area contributed by atoms with Crippen LogP contribution in [0.25, 0.3) is 6.08 Å². The molecule has 7 nitrogen and oxygen atoms in total. The van der Waals surface area contributed by atoms with Gasteiger partial charge in [-0.1, -0.05) is 76.5 Å². The number of carbonyl (C=O) groups is 1. The van der Waals surface area contributed by atoms with E-state index in [9.17, 15) is 9.59 Å². The van der Waals surface area contributed by atoms with Gasteiger partial charge in [-0.15, -0.1) is 0 Å². The van der Waals surface area contributed by atoms with Gasteiger partial charge in [0.05, 0.1) is 35.1 Å². The summed E-state index contributed by atoms with van der Waals surface area (Å²) in [5, 5.41) is 1.07. The standard InChI is InChI=1S/C33H30Cl2N2O5S/c1-5-40-27-15-21(9-14-26(27)42-18-23-12-13-24(34)17-25(23)35)16-28-31(38)37-30(22-10-7-19(3)8-11-22)29(32(39)41-6-2)20(4)36-33(37)43-28/h7-17,30H,5-6,18H2,1-4H3. The van der Waals surface area contributed by atoms with Crippen molar-refractivity contribution in [3.63, 3.8) is 0 Å². The van der Waals surface area contributed by atoms with Crippen molar-refractivity contribution >= 4 is 46.6 Å². The van der Waals surface area contributed by atoms with Gasteiger partial charge in [0.2, 0.25) is 0 Å². The molecule has 0 amide bonds. The second-order valence-corrected chi connectivity index (χ2v) is 11.7. The first-order chi connectivity index (χ1) is 20.7. The quantitative estimate of drug-likeness (QED) is 0.199. The van der Waals surface area contributed by atoms with Crippen molar-refractivity contribution in [2.45, 2.75) is 40.3 Å². The summed E-state index contributed by atoms with van der Waals surface area (Å²) in [6, 6.07) is 17.9. The molecule has 0 N–H and O–H groups in total. The number of aromatic nitrogens is 1. The molecule has 222 valence electrons. The monoisotopic (exact) mass is 636 g/mol. The van der Waals surface area contributed by atoms with E-state index in [1.807, 2.05) is 56.3 Å². The van der Waals surface area contributed by atoms with E-state index in [-0.39, 0.29) is 18.8 Å². The van der Waals surface area contributed by atoms with Crippen LogP contribution in [-0.4, -0.2) is 23.8 Å². The molecule has 0 radical (unpaired) electrons. The Balaban J connectivity index is 1.54. The molecule has 0 saturated carbocycles. The molecule has 1 aromatic heterocycles. The summed E-state index contributed by atoms with van der Waals surface area (Å²) in [5.41, 5.74) is 4.04. The fourth-order valence-corrected chi connectivity index (χ4v) is 6.31. The number of carbonyl (C=O) groups excluding carboxylic acids is 1. The van der Waals surface area contributed by atoms with Crippen LogP contribution in [0, 0.1) is 6.92 Å². The lowest BCUT2D eigenvalue weighted by molar-refractivity contribution is -0.139. The molecule has 1 aliphatic heterocycles. The van der Waals surface area contributed by atoms with Crippen LogP contribution >= 0.6 is 34.5 Å². The number of aryl methyl sites for hydroxylation is 1. The lowest BCUT2D eigenvalue weighted by atomic mass is 9.95. The van der Waals surface area contributed by atoms with Gasteiger partial charge in [0.15, 0.2) is 16.3 Å². The van der Waals surface area contributed by atoms with Gasteiger partial charge in [0.25, 0.3) is 5.56 Å². The number of benzene rings is 3. The van der Waals surface area contributed by atoms with E-state index in [2.05, 4.69) is 4.99 Å². The van der Waals surface area contributed by atoms with E-state index < -0.39 is 12.0 Å². The number of hydrogen-bond donors (Lipinski definition) is 0. The molecule has 43 heavy (non-hydrogen) atoms. The third-order valence-corrected chi connectivity index (χ3v) is 8.44. The summed E-state index contributed by atoms with van der Waals surface area (Å²) >= 11 is 13.6. The van der Waals surface area contributed by atoms with Crippen molar-refractivity contribution in [3.8, 4) is 11.5 Å². The Labute approximate surface area is 263 Å². The highest BCUT2D eigenvalue weighted by Crippen LogP contribution is 2.32. The molecule has 1 aliphatic rings. The Morgan fingerprint density at radius 1 is 0.977 bits per heavy atom. The number of thiazole rings is 1. The average Bonchev–Trinajstić information content (AvgIpc) is 3.27. The highest BCUT2D eigenvalue weighted by atomic mass is 35.5. The van der Waals surface area contributed by atoms with Crippen molar-refractivity contribution in [1.29, 1.82) is 0 Å². The van der Waals surface area contributed by atoms with Crippen LogP contribution in [0.5, 0.6) is 11.5 Å². The SMILES string of the molecule is CCOC(=O)C1=C(C)N=c2sc(=Cc3ccc(OCc4ccc(Cl)cc4Cl)c(OCC)c3)c(=O)n2C1c1ccc(C)cc1. The van der Waals surface area contributed by atoms with Crippen LogP contribution in [0.3, 0.4) is 0 Å². The third kappa shape index (κ3) is 6.56. The zero-order valence-corrected chi connectivity index (χ0v) is 26.5. The van der Waals surface area contributed by atoms with Gasteiger partial charge < -0.3 is 14.2 Å².